The van der Waals surface area contributed by atoms with Crippen LogP contribution in [-0.4, -0.2) is 23.9 Å². The molecular formula is C18H27NO. The number of amides is 1. The number of carbonyl (C=O) groups excluding carboxylic acids is 1. The Morgan fingerprint density at radius 2 is 2.00 bits per heavy atom. The highest BCUT2D eigenvalue weighted by molar-refractivity contribution is 5.76. The Labute approximate surface area is 123 Å². The van der Waals surface area contributed by atoms with Crippen molar-refractivity contribution in [2.45, 2.75) is 52.4 Å². The van der Waals surface area contributed by atoms with Crippen LogP contribution in [0.25, 0.3) is 0 Å². The fraction of sp³-hybridized carbons (Fsp3) is 0.611. The highest BCUT2D eigenvalue weighted by atomic mass is 16.2. The summed E-state index contributed by atoms with van der Waals surface area (Å²) in [6, 6.07) is 8.71. The molecule has 1 aliphatic heterocycles. The summed E-state index contributed by atoms with van der Waals surface area (Å²) in [5.41, 5.74) is 2.64. The average molecular weight is 273 g/mol. The predicted molar refractivity (Wildman–Crippen MR) is 83.8 cm³/mol. The second-order valence-electron chi connectivity index (χ2n) is 6.48. The zero-order chi connectivity index (χ0) is 14.5. The van der Waals surface area contributed by atoms with Crippen molar-refractivity contribution in [3.63, 3.8) is 0 Å². The van der Waals surface area contributed by atoms with Gasteiger partial charge in [-0.1, -0.05) is 45.0 Å². The number of likely N-dealkylation sites (tertiary alicyclic amines) is 1. The van der Waals surface area contributed by atoms with E-state index in [1.807, 2.05) is 0 Å². The van der Waals surface area contributed by atoms with E-state index in [1.54, 1.807) is 0 Å². The molecule has 0 saturated carbocycles. The average Bonchev–Trinajstić information content (AvgIpc) is 2.45. The van der Waals surface area contributed by atoms with E-state index >= 15 is 0 Å². The van der Waals surface area contributed by atoms with Crippen LogP contribution in [0, 0.1) is 5.92 Å². The zero-order valence-electron chi connectivity index (χ0n) is 13.1. The molecule has 0 N–H and O–H groups in total. The number of benzene rings is 1. The highest BCUT2D eigenvalue weighted by Crippen LogP contribution is 2.18. The van der Waals surface area contributed by atoms with E-state index in [4.69, 9.17) is 0 Å². The van der Waals surface area contributed by atoms with Crippen molar-refractivity contribution < 1.29 is 4.79 Å². The minimum Gasteiger partial charge on any atom is -0.342 e. The number of nitrogens with zero attached hydrogens (tertiary/aromatic N) is 1. The summed E-state index contributed by atoms with van der Waals surface area (Å²) in [5, 5.41) is 0. The third kappa shape index (κ3) is 4.09. The van der Waals surface area contributed by atoms with Gasteiger partial charge in [0.25, 0.3) is 0 Å². The fourth-order valence-corrected chi connectivity index (χ4v) is 2.89. The van der Waals surface area contributed by atoms with Crippen molar-refractivity contribution in [3.05, 3.63) is 35.4 Å². The van der Waals surface area contributed by atoms with Crippen LogP contribution < -0.4 is 0 Å². The van der Waals surface area contributed by atoms with Gasteiger partial charge in [0, 0.05) is 19.5 Å². The molecule has 20 heavy (non-hydrogen) atoms. The molecule has 1 saturated heterocycles. The van der Waals surface area contributed by atoms with Gasteiger partial charge in [0.1, 0.15) is 0 Å². The number of hydrogen-bond donors (Lipinski definition) is 0. The van der Waals surface area contributed by atoms with Gasteiger partial charge in [0.05, 0.1) is 0 Å². The van der Waals surface area contributed by atoms with Gasteiger partial charge in [-0.3, -0.25) is 4.79 Å². The summed E-state index contributed by atoms with van der Waals surface area (Å²) < 4.78 is 0. The second-order valence-corrected chi connectivity index (χ2v) is 6.48. The van der Waals surface area contributed by atoms with Crippen molar-refractivity contribution in [1.29, 1.82) is 0 Å². The summed E-state index contributed by atoms with van der Waals surface area (Å²) >= 11 is 0. The summed E-state index contributed by atoms with van der Waals surface area (Å²) in [6.07, 6.45) is 3.94. The van der Waals surface area contributed by atoms with Crippen LogP contribution in [0.2, 0.25) is 0 Å². The fourth-order valence-electron chi connectivity index (χ4n) is 2.89. The maximum atomic E-state index is 12.2. The van der Waals surface area contributed by atoms with Gasteiger partial charge in [-0.15, -0.1) is 0 Å². The molecule has 0 aliphatic carbocycles. The summed E-state index contributed by atoms with van der Waals surface area (Å²) in [4.78, 5) is 14.3. The van der Waals surface area contributed by atoms with Crippen LogP contribution in [-0.2, 0) is 11.2 Å². The molecule has 2 rings (SSSR count). The SMILES string of the molecule is CC(C)c1ccc(CCC(=O)N2CCC[C@@H](C)C2)cc1. The Kier molecular flexibility index (Phi) is 5.22. The molecule has 110 valence electrons. The molecule has 2 heteroatoms. The van der Waals surface area contributed by atoms with Crippen molar-refractivity contribution >= 4 is 5.91 Å². The monoisotopic (exact) mass is 273 g/mol. The first kappa shape index (κ1) is 15.1. The number of piperidine rings is 1. The van der Waals surface area contributed by atoms with Gasteiger partial charge >= 0.3 is 0 Å². The lowest BCUT2D eigenvalue weighted by Gasteiger charge is -2.31. The van der Waals surface area contributed by atoms with E-state index in [0.29, 0.717) is 24.2 Å². The van der Waals surface area contributed by atoms with E-state index in [-0.39, 0.29) is 0 Å². The molecule has 0 bridgehead atoms. The van der Waals surface area contributed by atoms with E-state index in [1.165, 1.54) is 17.5 Å². The molecule has 1 atom stereocenters. The molecule has 1 aliphatic rings. The molecule has 0 aromatic heterocycles. The lowest BCUT2D eigenvalue weighted by Crippen LogP contribution is -2.39. The number of carbonyl (C=O) groups is 1. The summed E-state index contributed by atoms with van der Waals surface area (Å²) in [7, 11) is 0. The summed E-state index contributed by atoms with van der Waals surface area (Å²) in [5.74, 6) is 1.56. The van der Waals surface area contributed by atoms with E-state index in [9.17, 15) is 4.79 Å². The van der Waals surface area contributed by atoms with Crippen LogP contribution in [0.5, 0.6) is 0 Å². The van der Waals surface area contributed by atoms with Crippen LogP contribution in [0.4, 0.5) is 0 Å². The summed E-state index contributed by atoms with van der Waals surface area (Å²) in [6.45, 7) is 8.55. The minimum atomic E-state index is 0.324. The number of aryl methyl sites for hydroxylation is 1. The predicted octanol–water partition coefficient (Wildman–Crippen LogP) is 4.00. The normalized spacial score (nSPS) is 19.4. The Hall–Kier alpha value is -1.31. The van der Waals surface area contributed by atoms with Crippen molar-refractivity contribution in [2.75, 3.05) is 13.1 Å². The number of rotatable bonds is 4. The lowest BCUT2D eigenvalue weighted by atomic mass is 9.98. The minimum absolute atomic E-state index is 0.324. The van der Waals surface area contributed by atoms with Crippen LogP contribution in [0.3, 0.4) is 0 Å². The Morgan fingerprint density at radius 1 is 1.30 bits per heavy atom. The molecule has 0 unspecified atom stereocenters. The van der Waals surface area contributed by atoms with E-state index < -0.39 is 0 Å². The zero-order valence-corrected chi connectivity index (χ0v) is 13.1. The van der Waals surface area contributed by atoms with Crippen molar-refractivity contribution in [1.82, 2.24) is 4.90 Å². The molecule has 1 aromatic rings. The van der Waals surface area contributed by atoms with Gasteiger partial charge in [-0.05, 0) is 42.2 Å². The molecule has 1 amide bonds. The van der Waals surface area contributed by atoms with Gasteiger partial charge in [-0.25, -0.2) is 0 Å². The Balaban J connectivity index is 1.83. The number of hydrogen-bond acceptors (Lipinski definition) is 1. The third-order valence-electron chi connectivity index (χ3n) is 4.28. The molecule has 1 aromatic carbocycles. The van der Waals surface area contributed by atoms with Crippen molar-refractivity contribution in [2.24, 2.45) is 5.92 Å². The Morgan fingerprint density at radius 3 is 2.60 bits per heavy atom. The second kappa shape index (κ2) is 6.92. The van der Waals surface area contributed by atoms with Gasteiger partial charge in [-0.2, -0.15) is 0 Å². The van der Waals surface area contributed by atoms with Gasteiger partial charge < -0.3 is 4.90 Å². The van der Waals surface area contributed by atoms with Crippen LogP contribution in [0.15, 0.2) is 24.3 Å². The highest BCUT2D eigenvalue weighted by Gasteiger charge is 2.20. The maximum Gasteiger partial charge on any atom is 0.222 e. The first-order valence-corrected chi connectivity index (χ1v) is 7.93. The van der Waals surface area contributed by atoms with Gasteiger partial charge in [0.2, 0.25) is 5.91 Å². The molecule has 2 nitrogen and oxygen atoms in total. The largest absolute Gasteiger partial charge is 0.342 e. The molecule has 0 spiro atoms. The molecular weight excluding hydrogens is 246 g/mol. The van der Waals surface area contributed by atoms with E-state index in [2.05, 4.69) is 49.9 Å². The maximum absolute atomic E-state index is 12.2. The third-order valence-corrected chi connectivity index (χ3v) is 4.28. The standard InChI is InChI=1S/C18H27NO/c1-14(2)17-9-6-16(7-10-17)8-11-18(20)19-12-4-5-15(3)13-19/h6-7,9-10,14-15H,4-5,8,11-13H2,1-3H3/t15-/m1/s1. The van der Waals surface area contributed by atoms with E-state index in [0.717, 1.165) is 25.9 Å². The molecule has 1 heterocycles. The quantitative estimate of drug-likeness (QED) is 0.812. The van der Waals surface area contributed by atoms with Crippen LogP contribution in [0.1, 0.15) is 57.1 Å². The molecule has 1 fully saturated rings. The first-order valence-electron chi connectivity index (χ1n) is 7.93. The van der Waals surface area contributed by atoms with Crippen LogP contribution >= 0.6 is 0 Å². The molecule has 0 radical (unpaired) electrons. The smallest absolute Gasteiger partial charge is 0.222 e. The topological polar surface area (TPSA) is 20.3 Å². The first-order chi connectivity index (χ1) is 9.56. The van der Waals surface area contributed by atoms with Crippen molar-refractivity contribution in [3.8, 4) is 0 Å². The Bertz CT molecular complexity index is 435. The lowest BCUT2D eigenvalue weighted by molar-refractivity contribution is -0.132. The van der Waals surface area contributed by atoms with Gasteiger partial charge in [0.15, 0.2) is 0 Å².